The maximum absolute atomic E-state index is 12.7. The summed E-state index contributed by atoms with van der Waals surface area (Å²) in [7, 11) is 0. The standard InChI is InChI=1S/C23H17ClN2OS/c24-20-13-17(10-11-18(20)19(14-25)15-6-2-1-3-7-15)26-23(27)22-12-16-8-4-5-9-21(16)28-22/h1-11,13,19,22H,12H2,(H,26,27)/t19-,22-/m0/s1. The number of carbonyl (C=O) groups excluding carboxylic acids is 1. The van der Waals surface area contributed by atoms with Gasteiger partial charge in [-0.3, -0.25) is 4.79 Å². The number of thioether (sulfide) groups is 1. The predicted octanol–water partition coefficient (Wildman–Crippen LogP) is 5.65. The second-order valence-electron chi connectivity index (χ2n) is 6.62. The van der Waals surface area contributed by atoms with Gasteiger partial charge in [-0.25, -0.2) is 0 Å². The average molecular weight is 405 g/mol. The fourth-order valence-corrected chi connectivity index (χ4v) is 4.84. The van der Waals surface area contributed by atoms with Crippen LogP contribution in [0.15, 0.2) is 77.7 Å². The molecule has 138 valence electrons. The van der Waals surface area contributed by atoms with Crippen LogP contribution in [-0.2, 0) is 11.2 Å². The number of nitriles is 1. The monoisotopic (exact) mass is 404 g/mol. The van der Waals surface area contributed by atoms with Crippen LogP contribution in [0.4, 0.5) is 5.69 Å². The lowest BCUT2D eigenvalue weighted by Crippen LogP contribution is -2.24. The third-order valence-corrected chi connectivity index (χ3v) is 6.43. The molecular weight excluding hydrogens is 388 g/mol. The van der Waals surface area contributed by atoms with Gasteiger partial charge in [0.15, 0.2) is 0 Å². The largest absolute Gasteiger partial charge is 0.325 e. The van der Waals surface area contributed by atoms with E-state index < -0.39 is 5.92 Å². The zero-order chi connectivity index (χ0) is 19.5. The van der Waals surface area contributed by atoms with Crippen LogP contribution in [0.1, 0.15) is 22.6 Å². The van der Waals surface area contributed by atoms with Crippen LogP contribution >= 0.6 is 23.4 Å². The zero-order valence-electron chi connectivity index (χ0n) is 14.9. The molecule has 0 aromatic heterocycles. The zero-order valence-corrected chi connectivity index (χ0v) is 16.5. The van der Waals surface area contributed by atoms with Crippen LogP contribution in [-0.4, -0.2) is 11.2 Å². The van der Waals surface area contributed by atoms with Gasteiger partial charge in [0, 0.05) is 15.6 Å². The van der Waals surface area contributed by atoms with E-state index in [0.29, 0.717) is 10.7 Å². The second kappa shape index (κ2) is 8.10. The van der Waals surface area contributed by atoms with E-state index in [2.05, 4.69) is 17.5 Å². The molecule has 1 aliphatic rings. The molecule has 0 spiro atoms. The van der Waals surface area contributed by atoms with Gasteiger partial charge in [-0.15, -0.1) is 11.8 Å². The molecule has 1 N–H and O–H groups in total. The fraction of sp³-hybridized carbons (Fsp3) is 0.130. The van der Waals surface area contributed by atoms with Gasteiger partial charge in [0.25, 0.3) is 0 Å². The molecule has 0 radical (unpaired) electrons. The number of halogens is 1. The second-order valence-corrected chi connectivity index (χ2v) is 8.27. The Morgan fingerprint density at radius 1 is 1.11 bits per heavy atom. The van der Waals surface area contributed by atoms with Gasteiger partial charge < -0.3 is 5.32 Å². The van der Waals surface area contributed by atoms with Crippen molar-refractivity contribution in [3.63, 3.8) is 0 Å². The number of nitrogens with one attached hydrogen (secondary N) is 1. The summed E-state index contributed by atoms with van der Waals surface area (Å²) >= 11 is 8.05. The van der Waals surface area contributed by atoms with E-state index in [1.165, 1.54) is 5.56 Å². The summed E-state index contributed by atoms with van der Waals surface area (Å²) in [5.74, 6) is -0.483. The molecule has 2 atom stereocenters. The smallest absolute Gasteiger partial charge is 0.238 e. The summed E-state index contributed by atoms with van der Waals surface area (Å²) in [6.07, 6.45) is 0.725. The molecule has 1 amide bonds. The van der Waals surface area contributed by atoms with E-state index in [-0.39, 0.29) is 11.2 Å². The first-order valence-electron chi connectivity index (χ1n) is 8.95. The number of hydrogen-bond acceptors (Lipinski definition) is 3. The van der Waals surface area contributed by atoms with Crippen molar-refractivity contribution in [2.24, 2.45) is 0 Å². The molecule has 3 aromatic carbocycles. The van der Waals surface area contributed by atoms with Crippen LogP contribution in [0.5, 0.6) is 0 Å². The van der Waals surface area contributed by atoms with E-state index in [9.17, 15) is 10.1 Å². The topological polar surface area (TPSA) is 52.9 Å². The normalized spacial score (nSPS) is 16.1. The molecule has 0 bridgehead atoms. The van der Waals surface area contributed by atoms with Crippen molar-refractivity contribution in [3.05, 3.63) is 94.5 Å². The summed E-state index contributed by atoms with van der Waals surface area (Å²) in [6, 6.07) is 25.3. The maximum atomic E-state index is 12.7. The number of fused-ring (bicyclic) bond motifs is 1. The third kappa shape index (κ3) is 3.77. The van der Waals surface area contributed by atoms with Crippen LogP contribution < -0.4 is 5.32 Å². The molecule has 0 saturated heterocycles. The molecular formula is C23H17ClN2OS. The van der Waals surface area contributed by atoms with Gasteiger partial charge in [-0.1, -0.05) is 66.2 Å². The third-order valence-electron chi connectivity index (χ3n) is 4.78. The van der Waals surface area contributed by atoms with Crippen molar-refractivity contribution in [1.82, 2.24) is 0 Å². The minimum absolute atomic E-state index is 0.0371. The quantitative estimate of drug-likeness (QED) is 0.611. The number of nitrogens with zero attached hydrogens (tertiary/aromatic N) is 1. The van der Waals surface area contributed by atoms with E-state index in [4.69, 9.17) is 11.6 Å². The highest BCUT2D eigenvalue weighted by Crippen LogP contribution is 2.37. The molecule has 3 nitrogen and oxygen atoms in total. The number of rotatable bonds is 4. The molecule has 0 unspecified atom stereocenters. The molecule has 0 fully saturated rings. The molecule has 1 aliphatic heterocycles. The van der Waals surface area contributed by atoms with E-state index in [0.717, 1.165) is 22.4 Å². The van der Waals surface area contributed by atoms with Crippen molar-refractivity contribution in [2.75, 3.05) is 5.32 Å². The minimum atomic E-state index is -0.446. The van der Waals surface area contributed by atoms with Crippen molar-refractivity contribution < 1.29 is 4.79 Å². The Kier molecular flexibility index (Phi) is 5.38. The average Bonchev–Trinajstić information content (AvgIpc) is 3.15. The molecule has 1 heterocycles. The fourth-order valence-electron chi connectivity index (χ4n) is 3.36. The van der Waals surface area contributed by atoms with Crippen LogP contribution in [0.2, 0.25) is 5.02 Å². The van der Waals surface area contributed by atoms with E-state index in [1.807, 2.05) is 54.6 Å². The maximum Gasteiger partial charge on any atom is 0.238 e. The molecule has 3 aromatic rings. The Balaban J connectivity index is 1.49. The Labute approximate surface area is 173 Å². The van der Waals surface area contributed by atoms with Gasteiger partial charge in [-0.2, -0.15) is 5.26 Å². The number of carbonyl (C=O) groups is 1. The molecule has 28 heavy (non-hydrogen) atoms. The first kappa shape index (κ1) is 18.6. The lowest BCUT2D eigenvalue weighted by atomic mass is 9.92. The summed E-state index contributed by atoms with van der Waals surface area (Å²) < 4.78 is 0. The minimum Gasteiger partial charge on any atom is -0.325 e. The Bertz CT molecular complexity index is 1040. The number of hydrogen-bond donors (Lipinski definition) is 1. The van der Waals surface area contributed by atoms with Crippen LogP contribution in [0.3, 0.4) is 0 Å². The van der Waals surface area contributed by atoms with Crippen LogP contribution in [0.25, 0.3) is 0 Å². The van der Waals surface area contributed by atoms with Crippen molar-refractivity contribution in [1.29, 1.82) is 5.26 Å². The van der Waals surface area contributed by atoms with Gasteiger partial charge >= 0.3 is 0 Å². The van der Waals surface area contributed by atoms with E-state index >= 15 is 0 Å². The molecule has 0 saturated carbocycles. The van der Waals surface area contributed by atoms with E-state index in [1.54, 1.807) is 23.9 Å². The molecule has 5 heteroatoms. The Hall–Kier alpha value is -2.74. The van der Waals surface area contributed by atoms with Gasteiger partial charge in [-0.05, 0) is 41.3 Å². The Morgan fingerprint density at radius 3 is 2.57 bits per heavy atom. The number of amides is 1. The summed E-state index contributed by atoms with van der Waals surface area (Å²) in [4.78, 5) is 13.8. The lowest BCUT2D eigenvalue weighted by molar-refractivity contribution is -0.115. The van der Waals surface area contributed by atoms with Gasteiger partial charge in [0.2, 0.25) is 5.91 Å². The first-order valence-corrected chi connectivity index (χ1v) is 10.2. The highest BCUT2D eigenvalue weighted by atomic mass is 35.5. The SMILES string of the molecule is N#C[C@@H](c1ccccc1)c1ccc(NC(=O)[C@@H]2Cc3ccccc3S2)cc1Cl. The van der Waals surface area contributed by atoms with Crippen molar-refractivity contribution >= 4 is 35.0 Å². The summed E-state index contributed by atoms with van der Waals surface area (Å²) in [5.41, 5.74) is 3.47. The van der Waals surface area contributed by atoms with Crippen LogP contribution in [0, 0.1) is 11.3 Å². The number of anilines is 1. The highest BCUT2D eigenvalue weighted by Gasteiger charge is 2.28. The summed E-state index contributed by atoms with van der Waals surface area (Å²) in [5, 5.41) is 12.9. The summed E-state index contributed by atoms with van der Waals surface area (Å²) in [6.45, 7) is 0. The highest BCUT2D eigenvalue weighted by molar-refractivity contribution is 8.01. The molecule has 4 rings (SSSR count). The van der Waals surface area contributed by atoms with Gasteiger partial charge in [0.1, 0.15) is 0 Å². The Morgan fingerprint density at radius 2 is 1.86 bits per heavy atom. The predicted molar refractivity (Wildman–Crippen MR) is 114 cm³/mol. The number of benzene rings is 3. The lowest BCUT2D eigenvalue weighted by Gasteiger charge is -2.14. The van der Waals surface area contributed by atoms with Crippen molar-refractivity contribution in [3.8, 4) is 6.07 Å². The van der Waals surface area contributed by atoms with Gasteiger partial charge in [0.05, 0.1) is 17.2 Å². The van der Waals surface area contributed by atoms with Crippen molar-refractivity contribution in [2.45, 2.75) is 22.5 Å². The molecule has 0 aliphatic carbocycles. The first-order chi connectivity index (χ1) is 13.7.